The monoisotopic (exact) mass is 129 g/mol. The first kappa shape index (κ1) is 11.2. The fraction of sp³-hybridized carbons (Fsp3) is 0.571. The zero-order chi connectivity index (χ0) is 7.54. The Morgan fingerprint density at radius 2 is 2.00 bits per heavy atom. The first-order valence-corrected chi connectivity index (χ1v) is 3.04. The molecular formula is C7H15NO. The van der Waals surface area contributed by atoms with Crippen molar-refractivity contribution in [3.63, 3.8) is 0 Å². The number of unbranched alkanes of at least 4 members (excludes halogenated alkanes) is 1. The Kier molecular flexibility index (Phi) is 19.5. The van der Waals surface area contributed by atoms with Gasteiger partial charge in [-0.15, -0.1) is 6.58 Å². The van der Waals surface area contributed by atoms with Crippen LogP contribution in [0.2, 0.25) is 0 Å². The smallest absolute Gasteiger partial charge is 0.0402 e. The van der Waals surface area contributed by atoms with E-state index >= 15 is 0 Å². The molecule has 2 nitrogen and oxygen atoms in total. The van der Waals surface area contributed by atoms with Gasteiger partial charge in [-0.2, -0.15) is 0 Å². The lowest BCUT2D eigenvalue weighted by molar-refractivity contribution is 0.318. The van der Waals surface area contributed by atoms with Crippen molar-refractivity contribution >= 4 is 6.21 Å². The van der Waals surface area contributed by atoms with E-state index in [-0.39, 0.29) is 6.61 Å². The van der Waals surface area contributed by atoms with Gasteiger partial charge in [0.05, 0.1) is 0 Å². The van der Waals surface area contributed by atoms with Crippen molar-refractivity contribution in [2.24, 2.45) is 0 Å². The maximum Gasteiger partial charge on any atom is 0.0402 e. The molecule has 0 bridgehead atoms. The highest BCUT2D eigenvalue weighted by molar-refractivity contribution is 5.52. The number of hydrogen-bond donors (Lipinski definition) is 2. The van der Waals surface area contributed by atoms with Gasteiger partial charge >= 0.3 is 0 Å². The van der Waals surface area contributed by atoms with Crippen molar-refractivity contribution in [2.75, 3.05) is 6.61 Å². The molecule has 0 aliphatic carbocycles. The van der Waals surface area contributed by atoms with Crippen LogP contribution in [0.25, 0.3) is 0 Å². The first-order chi connectivity index (χ1) is 4.33. The molecule has 0 aliphatic rings. The van der Waals surface area contributed by atoms with E-state index in [0.29, 0.717) is 0 Å². The highest BCUT2D eigenvalue weighted by Gasteiger charge is 1.67. The van der Waals surface area contributed by atoms with Gasteiger partial charge in [0, 0.05) is 6.61 Å². The fourth-order valence-corrected chi connectivity index (χ4v) is 0.201. The van der Waals surface area contributed by atoms with E-state index in [9.17, 15) is 0 Å². The van der Waals surface area contributed by atoms with Crippen molar-refractivity contribution < 1.29 is 5.11 Å². The zero-order valence-corrected chi connectivity index (χ0v) is 5.93. The fourth-order valence-electron chi connectivity index (χ4n) is 0.201. The third-order valence-corrected chi connectivity index (χ3v) is 0.515. The molecule has 2 heteroatoms. The molecule has 0 radical (unpaired) electrons. The summed E-state index contributed by atoms with van der Waals surface area (Å²) in [6.07, 6.45) is 4.97. The van der Waals surface area contributed by atoms with Crippen LogP contribution >= 0.6 is 0 Å². The summed E-state index contributed by atoms with van der Waals surface area (Å²) in [7, 11) is 0. The molecule has 0 aliphatic heterocycles. The Morgan fingerprint density at radius 1 is 1.56 bits per heavy atom. The summed E-state index contributed by atoms with van der Waals surface area (Å²) in [4.78, 5) is 0. The maximum absolute atomic E-state index is 7.57. The van der Waals surface area contributed by atoms with E-state index in [1.165, 1.54) is 6.21 Å². The predicted molar refractivity (Wildman–Crippen MR) is 41.0 cm³/mol. The van der Waals surface area contributed by atoms with E-state index in [1.54, 1.807) is 6.92 Å². The van der Waals surface area contributed by atoms with Gasteiger partial charge in [-0.05, 0) is 26.0 Å². The lowest BCUT2D eigenvalue weighted by Gasteiger charge is -1.75. The third kappa shape index (κ3) is 37.8. The molecule has 0 saturated carbocycles. The van der Waals surface area contributed by atoms with Gasteiger partial charge in [0.15, 0.2) is 0 Å². The number of rotatable bonds is 3. The van der Waals surface area contributed by atoms with E-state index in [0.717, 1.165) is 12.8 Å². The summed E-state index contributed by atoms with van der Waals surface area (Å²) in [5.74, 6) is 0. The second-order valence-corrected chi connectivity index (χ2v) is 1.39. The molecule has 0 aromatic rings. The molecule has 9 heavy (non-hydrogen) atoms. The largest absolute Gasteiger partial charge is 0.397 e. The molecule has 0 atom stereocenters. The molecule has 54 valence electrons. The molecule has 0 spiro atoms. The topological polar surface area (TPSA) is 44.1 Å². The summed E-state index contributed by atoms with van der Waals surface area (Å²) in [5, 5.41) is 14.1. The molecule has 0 saturated heterocycles. The highest BCUT2D eigenvalue weighted by Crippen LogP contribution is 1.80. The average Bonchev–Trinajstić information content (AvgIpc) is 1.86. The summed E-state index contributed by atoms with van der Waals surface area (Å²) in [6, 6.07) is 0. The second-order valence-electron chi connectivity index (χ2n) is 1.39. The Morgan fingerprint density at radius 3 is 2.11 bits per heavy atom. The number of hydrogen-bond acceptors (Lipinski definition) is 2. The van der Waals surface area contributed by atoms with Crippen LogP contribution in [0.4, 0.5) is 0 Å². The minimum Gasteiger partial charge on any atom is -0.397 e. The van der Waals surface area contributed by atoms with Crippen molar-refractivity contribution in [3.8, 4) is 0 Å². The second kappa shape index (κ2) is 15.7. The number of aliphatic hydroxyl groups is 1. The van der Waals surface area contributed by atoms with Gasteiger partial charge < -0.3 is 10.5 Å². The first-order valence-electron chi connectivity index (χ1n) is 3.04. The van der Waals surface area contributed by atoms with Crippen LogP contribution in [0.1, 0.15) is 19.8 Å². The molecule has 0 rings (SSSR count). The highest BCUT2D eigenvalue weighted by atomic mass is 16.2. The molecule has 2 N–H and O–H groups in total. The van der Waals surface area contributed by atoms with Crippen LogP contribution in [0.5, 0.6) is 0 Å². The normalized spacial score (nSPS) is 6.89. The maximum atomic E-state index is 7.57. The summed E-state index contributed by atoms with van der Waals surface area (Å²) >= 11 is 0. The Balaban J connectivity index is 0. The third-order valence-electron chi connectivity index (χ3n) is 0.515. The summed E-state index contributed by atoms with van der Waals surface area (Å²) in [5.41, 5.74) is 0. The Labute approximate surface area is 56.7 Å². The van der Waals surface area contributed by atoms with Gasteiger partial charge in [-0.1, -0.05) is 6.08 Å². The molecule has 0 heterocycles. The quantitative estimate of drug-likeness (QED) is 0.339. The Bertz CT molecular complexity index is 53.9. The van der Waals surface area contributed by atoms with Crippen LogP contribution in [0, 0.1) is 5.41 Å². The Hall–Kier alpha value is -0.630. The molecular weight excluding hydrogens is 114 g/mol. The van der Waals surface area contributed by atoms with E-state index in [4.69, 9.17) is 10.5 Å². The van der Waals surface area contributed by atoms with Gasteiger partial charge in [-0.25, -0.2) is 0 Å². The van der Waals surface area contributed by atoms with Crippen molar-refractivity contribution in [2.45, 2.75) is 19.8 Å². The van der Waals surface area contributed by atoms with Crippen LogP contribution < -0.4 is 0 Å². The van der Waals surface area contributed by atoms with Crippen LogP contribution in [0.15, 0.2) is 12.7 Å². The molecule has 0 aromatic carbocycles. The van der Waals surface area contributed by atoms with Gasteiger partial charge in [0.1, 0.15) is 0 Å². The van der Waals surface area contributed by atoms with Crippen LogP contribution in [-0.4, -0.2) is 17.9 Å². The standard InChI is InChI=1S/C5H9N.C2H6O/c1-2-3-4-5-6;1-2-3/h2,5-6H,1,3-4H2;3H,2H2,1H3. The predicted octanol–water partition coefficient (Wildman–Crippen LogP) is 1.60. The number of allylic oxidation sites excluding steroid dienone is 1. The van der Waals surface area contributed by atoms with Crippen LogP contribution in [-0.2, 0) is 0 Å². The molecule has 0 unspecified atom stereocenters. The minimum absolute atomic E-state index is 0.250. The average molecular weight is 129 g/mol. The van der Waals surface area contributed by atoms with E-state index in [2.05, 4.69) is 6.58 Å². The SMILES string of the molecule is C=CCCC=N.CCO. The lowest BCUT2D eigenvalue weighted by Crippen LogP contribution is -1.65. The summed E-state index contributed by atoms with van der Waals surface area (Å²) in [6.45, 7) is 5.43. The minimum atomic E-state index is 0.250. The molecule has 0 amide bonds. The van der Waals surface area contributed by atoms with Gasteiger partial charge in [0.2, 0.25) is 0 Å². The van der Waals surface area contributed by atoms with E-state index in [1.807, 2.05) is 6.08 Å². The lowest BCUT2D eigenvalue weighted by atomic mass is 10.3. The number of aliphatic hydroxyl groups excluding tert-OH is 1. The van der Waals surface area contributed by atoms with Crippen LogP contribution in [0.3, 0.4) is 0 Å². The summed E-state index contributed by atoms with van der Waals surface area (Å²) < 4.78 is 0. The molecule has 0 aromatic heterocycles. The van der Waals surface area contributed by atoms with Gasteiger partial charge in [-0.3, -0.25) is 0 Å². The van der Waals surface area contributed by atoms with Crippen molar-refractivity contribution in [3.05, 3.63) is 12.7 Å². The molecule has 0 fully saturated rings. The number of nitrogens with one attached hydrogen (secondary N) is 1. The van der Waals surface area contributed by atoms with E-state index < -0.39 is 0 Å². The van der Waals surface area contributed by atoms with Crippen molar-refractivity contribution in [1.82, 2.24) is 0 Å². The zero-order valence-electron chi connectivity index (χ0n) is 5.93. The van der Waals surface area contributed by atoms with Crippen molar-refractivity contribution in [1.29, 1.82) is 5.41 Å². The van der Waals surface area contributed by atoms with Gasteiger partial charge in [0.25, 0.3) is 0 Å².